The summed E-state index contributed by atoms with van der Waals surface area (Å²) in [6, 6.07) is 13.3. The molecule has 2 aliphatic heterocycles. The van der Waals surface area contributed by atoms with Gasteiger partial charge < -0.3 is 14.1 Å². The van der Waals surface area contributed by atoms with E-state index < -0.39 is 0 Å². The van der Waals surface area contributed by atoms with Crippen LogP contribution >= 0.6 is 0 Å². The van der Waals surface area contributed by atoms with E-state index in [2.05, 4.69) is 40.1 Å². The zero-order valence-electron chi connectivity index (χ0n) is 15.8. The molecular formula is C22H30N2O2. The van der Waals surface area contributed by atoms with Crippen molar-refractivity contribution in [3.8, 4) is 5.75 Å². The summed E-state index contributed by atoms with van der Waals surface area (Å²) in [5.41, 5.74) is 1.39. The fourth-order valence-corrected chi connectivity index (χ4v) is 4.64. The summed E-state index contributed by atoms with van der Waals surface area (Å²) in [7, 11) is 1.78. The standard InChI is InChI=1S/C22H30N2O2/c1-25-22-7-3-2-6-21(22)18-8-14-24(15-9-18)19-10-12-23(13-11-19)17-20-5-4-16-26-20/h2-7,16,18-19H,8-15,17H2,1H3. The van der Waals surface area contributed by atoms with E-state index in [1.165, 1.54) is 57.4 Å². The first-order valence-electron chi connectivity index (χ1n) is 9.95. The molecule has 2 saturated heterocycles. The van der Waals surface area contributed by atoms with Crippen molar-refractivity contribution in [3.05, 3.63) is 54.0 Å². The minimum absolute atomic E-state index is 0.640. The molecule has 4 heteroatoms. The highest BCUT2D eigenvalue weighted by atomic mass is 16.5. The predicted molar refractivity (Wildman–Crippen MR) is 104 cm³/mol. The molecule has 26 heavy (non-hydrogen) atoms. The summed E-state index contributed by atoms with van der Waals surface area (Å²) in [4.78, 5) is 5.26. The number of furan rings is 1. The lowest BCUT2D eigenvalue weighted by molar-refractivity contribution is 0.0816. The highest BCUT2D eigenvalue weighted by Gasteiger charge is 2.29. The highest BCUT2D eigenvalue weighted by Crippen LogP contribution is 2.35. The Morgan fingerprint density at radius 1 is 0.962 bits per heavy atom. The van der Waals surface area contributed by atoms with Crippen LogP contribution in [0.4, 0.5) is 0 Å². The van der Waals surface area contributed by atoms with Crippen LogP contribution < -0.4 is 4.74 Å². The van der Waals surface area contributed by atoms with Gasteiger partial charge in [0, 0.05) is 19.1 Å². The Labute approximate surface area is 156 Å². The third-order valence-corrected chi connectivity index (χ3v) is 6.14. The molecule has 0 amide bonds. The zero-order chi connectivity index (χ0) is 17.8. The van der Waals surface area contributed by atoms with Gasteiger partial charge in [0.25, 0.3) is 0 Å². The van der Waals surface area contributed by atoms with Crippen LogP contribution in [0.5, 0.6) is 5.75 Å². The number of likely N-dealkylation sites (tertiary alicyclic amines) is 2. The number of rotatable bonds is 5. The molecule has 1 aromatic carbocycles. The number of ether oxygens (including phenoxy) is 1. The summed E-state index contributed by atoms with van der Waals surface area (Å²) in [5, 5.41) is 0. The molecule has 3 heterocycles. The molecule has 0 saturated carbocycles. The molecule has 0 atom stereocenters. The first kappa shape index (κ1) is 17.6. The molecule has 0 radical (unpaired) electrons. The second kappa shape index (κ2) is 8.28. The molecule has 0 aliphatic carbocycles. The molecule has 140 valence electrons. The Bertz CT molecular complexity index is 669. The van der Waals surface area contributed by atoms with E-state index in [0.29, 0.717) is 5.92 Å². The van der Waals surface area contributed by atoms with Crippen LogP contribution in [0.15, 0.2) is 47.1 Å². The smallest absolute Gasteiger partial charge is 0.122 e. The van der Waals surface area contributed by atoms with Crippen LogP contribution in [0.25, 0.3) is 0 Å². The Morgan fingerprint density at radius 3 is 2.42 bits per heavy atom. The molecule has 2 aliphatic rings. The molecule has 2 aromatic rings. The summed E-state index contributed by atoms with van der Waals surface area (Å²) in [6.45, 7) is 5.74. The first-order chi connectivity index (χ1) is 12.8. The minimum atomic E-state index is 0.640. The maximum absolute atomic E-state index is 5.57. The Hall–Kier alpha value is -1.78. The van der Waals surface area contributed by atoms with Gasteiger partial charge in [-0.25, -0.2) is 0 Å². The van der Waals surface area contributed by atoms with Crippen LogP contribution in [0.1, 0.15) is 42.9 Å². The average molecular weight is 354 g/mol. The molecule has 4 nitrogen and oxygen atoms in total. The van der Waals surface area contributed by atoms with Gasteiger partial charge in [0.15, 0.2) is 0 Å². The lowest BCUT2D eigenvalue weighted by atomic mass is 9.87. The van der Waals surface area contributed by atoms with Crippen molar-refractivity contribution in [2.24, 2.45) is 0 Å². The Kier molecular flexibility index (Phi) is 5.61. The lowest BCUT2D eigenvalue weighted by Gasteiger charge is -2.42. The van der Waals surface area contributed by atoms with Crippen LogP contribution in [0.3, 0.4) is 0 Å². The second-order valence-corrected chi connectivity index (χ2v) is 7.64. The summed E-state index contributed by atoms with van der Waals surface area (Å²) < 4.78 is 11.1. The quantitative estimate of drug-likeness (QED) is 0.807. The summed E-state index contributed by atoms with van der Waals surface area (Å²) in [5.74, 6) is 2.78. The van der Waals surface area contributed by atoms with E-state index >= 15 is 0 Å². The van der Waals surface area contributed by atoms with E-state index in [4.69, 9.17) is 9.15 Å². The van der Waals surface area contributed by atoms with Crippen molar-refractivity contribution in [1.29, 1.82) is 0 Å². The van der Waals surface area contributed by atoms with E-state index in [1.807, 2.05) is 6.07 Å². The second-order valence-electron chi connectivity index (χ2n) is 7.64. The molecule has 0 unspecified atom stereocenters. The number of methoxy groups -OCH3 is 1. The minimum Gasteiger partial charge on any atom is -0.496 e. The van der Waals surface area contributed by atoms with Gasteiger partial charge in [-0.3, -0.25) is 4.90 Å². The van der Waals surface area contributed by atoms with Crippen LogP contribution in [-0.2, 0) is 6.54 Å². The Morgan fingerprint density at radius 2 is 1.73 bits per heavy atom. The molecule has 4 rings (SSSR count). The monoisotopic (exact) mass is 354 g/mol. The lowest BCUT2D eigenvalue weighted by Crippen LogP contribution is -2.47. The van der Waals surface area contributed by atoms with Gasteiger partial charge >= 0.3 is 0 Å². The molecule has 0 bridgehead atoms. The maximum atomic E-state index is 5.57. The SMILES string of the molecule is COc1ccccc1C1CCN(C2CCN(Cc3ccco3)CC2)CC1. The average Bonchev–Trinajstić information content (AvgIpc) is 3.22. The highest BCUT2D eigenvalue weighted by molar-refractivity contribution is 5.36. The molecule has 2 fully saturated rings. The van der Waals surface area contributed by atoms with Crippen LogP contribution in [-0.4, -0.2) is 49.1 Å². The molecular weight excluding hydrogens is 324 g/mol. The summed E-state index contributed by atoms with van der Waals surface area (Å²) in [6.07, 6.45) is 6.81. The van der Waals surface area contributed by atoms with E-state index in [1.54, 1.807) is 13.4 Å². The van der Waals surface area contributed by atoms with Gasteiger partial charge in [-0.15, -0.1) is 0 Å². The third kappa shape index (κ3) is 3.97. The normalized spacial score (nSPS) is 21.1. The molecule has 1 aromatic heterocycles. The predicted octanol–water partition coefficient (Wildman–Crippen LogP) is 4.13. The van der Waals surface area contributed by atoms with E-state index in [0.717, 1.165) is 24.1 Å². The van der Waals surface area contributed by atoms with Crippen molar-refractivity contribution in [2.75, 3.05) is 33.3 Å². The number of hydrogen-bond acceptors (Lipinski definition) is 4. The maximum Gasteiger partial charge on any atom is 0.122 e. The Balaban J connectivity index is 1.26. The molecule has 0 spiro atoms. The number of para-hydroxylation sites is 1. The number of hydrogen-bond donors (Lipinski definition) is 0. The fraction of sp³-hybridized carbons (Fsp3) is 0.545. The zero-order valence-corrected chi connectivity index (χ0v) is 15.8. The largest absolute Gasteiger partial charge is 0.496 e. The third-order valence-electron chi connectivity index (χ3n) is 6.14. The number of benzene rings is 1. The summed E-state index contributed by atoms with van der Waals surface area (Å²) >= 11 is 0. The van der Waals surface area contributed by atoms with E-state index in [-0.39, 0.29) is 0 Å². The van der Waals surface area contributed by atoms with Gasteiger partial charge in [-0.05, 0) is 68.5 Å². The first-order valence-corrected chi connectivity index (χ1v) is 9.95. The van der Waals surface area contributed by atoms with Crippen LogP contribution in [0.2, 0.25) is 0 Å². The van der Waals surface area contributed by atoms with E-state index in [9.17, 15) is 0 Å². The topological polar surface area (TPSA) is 28.9 Å². The van der Waals surface area contributed by atoms with Crippen LogP contribution in [0, 0.1) is 0 Å². The van der Waals surface area contributed by atoms with Crippen molar-refractivity contribution >= 4 is 0 Å². The fourth-order valence-electron chi connectivity index (χ4n) is 4.64. The van der Waals surface area contributed by atoms with Gasteiger partial charge in [-0.2, -0.15) is 0 Å². The van der Waals surface area contributed by atoms with Crippen molar-refractivity contribution in [2.45, 2.75) is 44.2 Å². The van der Waals surface area contributed by atoms with Crippen molar-refractivity contribution in [3.63, 3.8) is 0 Å². The number of nitrogens with zero attached hydrogens (tertiary/aromatic N) is 2. The van der Waals surface area contributed by atoms with Crippen molar-refractivity contribution in [1.82, 2.24) is 9.80 Å². The van der Waals surface area contributed by atoms with Gasteiger partial charge in [0.2, 0.25) is 0 Å². The van der Waals surface area contributed by atoms with Crippen molar-refractivity contribution < 1.29 is 9.15 Å². The molecule has 0 N–H and O–H groups in total. The van der Waals surface area contributed by atoms with Gasteiger partial charge in [0.05, 0.1) is 19.9 Å². The number of piperidine rings is 2. The van der Waals surface area contributed by atoms with Gasteiger partial charge in [-0.1, -0.05) is 18.2 Å². The van der Waals surface area contributed by atoms with Gasteiger partial charge in [0.1, 0.15) is 11.5 Å².